The molecule has 0 spiro atoms. The number of aliphatic carboxylic acids is 1. The number of amides is 1. The maximum absolute atomic E-state index is 13.3. The third kappa shape index (κ3) is 4.76. The summed E-state index contributed by atoms with van der Waals surface area (Å²) in [6.07, 6.45) is -0.121. The molecule has 0 aliphatic carbocycles. The number of nitrogens with zero attached hydrogens (tertiary/aromatic N) is 1. The summed E-state index contributed by atoms with van der Waals surface area (Å²) >= 11 is 5.94. The summed E-state index contributed by atoms with van der Waals surface area (Å²) in [6, 6.07) is 10.6. The van der Waals surface area contributed by atoms with Crippen molar-refractivity contribution < 1.29 is 29.0 Å². The van der Waals surface area contributed by atoms with Crippen molar-refractivity contribution in [1.29, 1.82) is 0 Å². The minimum atomic E-state index is -1.20. The molecule has 3 rings (SSSR count). The van der Waals surface area contributed by atoms with Crippen LogP contribution in [-0.2, 0) is 20.7 Å². The van der Waals surface area contributed by atoms with E-state index in [-0.39, 0.29) is 18.9 Å². The third-order valence-corrected chi connectivity index (χ3v) is 5.39. The Morgan fingerprint density at radius 2 is 1.81 bits per heavy atom. The second kappa shape index (κ2) is 9.84. The van der Waals surface area contributed by atoms with Crippen molar-refractivity contribution in [3.8, 4) is 5.75 Å². The first kappa shape index (κ1) is 23.3. The van der Waals surface area contributed by atoms with Crippen LogP contribution in [0.4, 0.5) is 0 Å². The Hall–Kier alpha value is -3.36. The molecule has 0 unspecified atom stereocenters. The molecule has 9 heteroatoms. The van der Waals surface area contributed by atoms with E-state index in [1.54, 1.807) is 49.4 Å². The van der Waals surface area contributed by atoms with Gasteiger partial charge < -0.3 is 19.9 Å². The first-order chi connectivity index (χ1) is 15.3. The lowest BCUT2D eigenvalue weighted by Crippen LogP contribution is -2.44. The molecule has 32 heavy (non-hydrogen) atoms. The second-order valence-corrected chi connectivity index (χ2v) is 7.62. The number of carboxylic acid groups (broad SMARTS) is 1. The normalized spacial score (nSPS) is 11.9. The quantitative estimate of drug-likeness (QED) is 0.537. The van der Waals surface area contributed by atoms with Crippen molar-refractivity contribution >= 4 is 40.3 Å². The Labute approximate surface area is 189 Å². The highest BCUT2D eigenvalue weighted by Gasteiger charge is 2.24. The molecule has 8 nitrogen and oxygen atoms in total. The van der Waals surface area contributed by atoms with E-state index in [9.17, 15) is 19.5 Å². The summed E-state index contributed by atoms with van der Waals surface area (Å²) in [5, 5.41) is 12.9. The molecule has 1 heterocycles. The van der Waals surface area contributed by atoms with Gasteiger partial charge in [-0.05, 0) is 55.0 Å². The lowest BCUT2D eigenvalue weighted by atomic mass is 10.1. The van der Waals surface area contributed by atoms with Crippen LogP contribution in [0.1, 0.15) is 21.6 Å². The number of aromatic nitrogens is 1. The van der Waals surface area contributed by atoms with Crippen molar-refractivity contribution in [2.45, 2.75) is 19.4 Å². The fourth-order valence-corrected chi connectivity index (χ4v) is 3.67. The molecular weight excluding hydrogens is 436 g/mol. The fraction of sp³-hybridized carbons (Fsp3) is 0.261. The maximum atomic E-state index is 13.3. The molecule has 0 radical (unpaired) electrons. The van der Waals surface area contributed by atoms with Gasteiger partial charge in [-0.25, -0.2) is 4.79 Å². The number of ether oxygens (including phenoxy) is 2. The summed E-state index contributed by atoms with van der Waals surface area (Å²) in [4.78, 5) is 37.3. The number of benzene rings is 2. The topological polar surface area (TPSA) is 107 Å². The molecule has 0 aliphatic rings. The van der Waals surface area contributed by atoms with E-state index in [2.05, 4.69) is 5.32 Å². The van der Waals surface area contributed by atoms with E-state index >= 15 is 0 Å². The zero-order valence-electron chi connectivity index (χ0n) is 17.8. The Morgan fingerprint density at radius 1 is 1.12 bits per heavy atom. The number of hydrogen-bond acceptors (Lipinski definition) is 5. The van der Waals surface area contributed by atoms with E-state index < -0.39 is 17.9 Å². The molecule has 2 aromatic carbocycles. The van der Waals surface area contributed by atoms with Crippen molar-refractivity contribution in [1.82, 2.24) is 9.88 Å². The average Bonchev–Trinajstić information content (AvgIpc) is 3.04. The highest BCUT2D eigenvalue weighted by molar-refractivity contribution is 6.30. The van der Waals surface area contributed by atoms with Gasteiger partial charge in [0.2, 0.25) is 5.91 Å². The van der Waals surface area contributed by atoms with Gasteiger partial charge in [0, 0.05) is 28.8 Å². The predicted molar refractivity (Wildman–Crippen MR) is 120 cm³/mol. The largest absolute Gasteiger partial charge is 0.497 e. The SMILES string of the molecule is COC[C@H](NC(=O)Cc1c(C)n(C(=O)c2ccc(Cl)cc2)c2ccc(OC)cc12)C(=O)O. The number of fused-ring (bicyclic) bond motifs is 1. The summed E-state index contributed by atoms with van der Waals surface area (Å²) < 4.78 is 11.7. The highest BCUT2D eigenvalue weighted by Crippen LogP contribution is 2.31. The molecule has 0 bridgehead atoms. The Kier molecular flexibility index (Phi) is 7.17. The molecule has 0 saturated carbocycles. The first-order valence-electron chi connectivity index (χ1n) is 9.76. The highest BCUT2D eigenvalue weighted by atomic mass is 35.5. The van der Waals surface area contributed by atoms with E-state index in [4.69, 9.17) is 21.1 Å². The predicted octanol–water partition coefficient (Wildman–Crippen LogP) is 3.06. The van der Waals surface area contributed by atoms with Gasteiger partial charge in [0.25, 0.3) is 5.91 Å². The van der Waals surface area contributed by atoms with E-state index in [1.807, 2.05) is 0 Å². The number of rotatable bonds is 8. The molecule has 1 atom stereocenters. The Balaban J connectivity index is 2.05. The monoisotopic (exact) mass is 458 g/mol. The molecule has 0 aliphatic heterocycles. The number of carbonyl (C=O) groups is 3. The number of carboxylic acids is 1. The van der Waals surface area contributed by atoms with Gasteiger partial charge in [0.15, 0.2) is 6.04 Å². The van der Waals surface area contributed by atoms with E-state index in [0.717, 1.165) is 0 Å². The Morgan fingerprint density at radius 3 is 2.41 bits per heavy atom. The van der Waals surface area contributed by atoms with Crippen LogP contribution in [-0.4, -0.2) is 54.3 Å². The van der Waals surface area contributed by atoms with Crippen LogP contribution >= 0.6 is 11.6 Å². The standard InChI is InChI=1S/C23H23ClN2O6/c1-13-17(11-21(27)25-19(12-31-2)23(29)30)18-10-16(32-3)8-9-20(18)26(13)22(28)14-4-6-15(24)7-5-14/h4-10,19H,11-12H2,1-3H3,(H,25,27)(H,29,30)/t19-/m0/s1. The van der Waals surface area contributed by atoms with E-state index in [1.165, 1.54) is 18.8 Å². The zero-order valence-corrected chi connectivity index (χ0v) is 18.6. The second-order valence-electron chi connectivity index (χ2n) is 7.18. The molecule has 168 valence electrons. The van der Waals surface area contributed by atoms with Crippen molar-refractivity contribution in [3.63, 3.8) is 0 Å². The fourth-order valence-electron chi connectivity index (χ4n) is 3.54. The van der Waals surface area contributed by atoms with Crippen molar-refractivity contribution in [2.24, 2.45) is 0 Å². The number of methoxy groups -OCH3 is 2. The smallest absolute Gasteiger partial charge is 0.328 e. The average molecular weight is 459 g/mol. The van der Waals surface area contributed by atoms with Crippen LogP contribution in [0, 0.1) is 6.92 Å². The minimum Gasteiger partial charge on any atom is -0.497 e. The van der Waals surface area contributed by atoms with Gasteiger partial charge in [-0.2, -0.15) is 0 Å². The van der Waals surface area contributed by atoms with Gasteiger partial charge in [0.05, 0.1) is 25.7 Å². The third-order valence-electron chi connectivity index (χ3n) is 5.14. The minimum absolute atomic E-state index is 0.121. The first-order valence-corrected chi connectivity index (χ1v) is 10.1. The number of nitrogens with one attached hydrogen (secondary N) is 1. The number of carbonyl (C=O) groups excluding carboxylic acids is 2. The lowest BCUT2D eigenvalue weighted by molar-refractivity contribution is -0.143. The van der Waals surface area contributed by atoms with Gasteiger partial charge in [-0.3, -0.25) is 14.2 Å². The summed E-state index contributed by atoms with van der Waals surface area (Å²) in [6.45, 7) is 1.58. The molecule has 0 fully saturated rings. The number of halogens is 1. The maximum Gasteiger partial charge on any atom is 0.328 e. The molecule has 0 saturated heterocycles. The lowest BCUT2D eigenvalue weighted by Gasteiger charge is -2.13. The van der Waals surface area contributed by atoms with Crippen molar-refractivity contribution in [2.75, 3.05) is 20.8 Å². The zero-order chi connectivity index (χ0) is 23.4. The van der Waals surface area contributed by atoms with Crippen LogP contribution in [0.5, 0.6) is 5.75 Å². The van der Waals surface area contributed by atoms with Gasteiger partial charge in [-0.15, -0.1) is 0 Å². The summed E-state index contributed by atoms with van der Waals surface area (Å²) in [5.41, 5.74) is 2.22. The Bertz CT molecular complexity index is 1170. The molecule has 2 N–H and O–H groups in total. The van der Waals surface area contributed by atoms with Crippen molar-refractivity contribution in [3.05, 3.63) is 64.3 Å². The van der Waals surface area contributed by atoms with Crippen LogP contribution < -0.4 is 10.1 Å². The molecule has 1 amide bonds. The summed E-state index contributed by atoms with van der Waals surface area (Å²) in [7, 11) is 2.88. The van der Waals surface area contributed by atoms with Crippen LogP contribution in [0.3, 0.4) is 0 Å². The van der Waals surface area contributed by atoms with Gasteiger partial charge in [-0.1, -0.05) is 11.6 Å². The summed E-state index contributed by atoms with van der Waals surface area (Å²) in [5.74, 6) is -1.40. The van der Waals surface area contributed by atoms with Crippen LogP contribution in [0.2, 0.25) is 5.02 Å². The molecule has 1 aromatic heterocycles. The molecule has 3 aromatic rings. The number of hydrogen-bond donors (Lipinski definition) is 2. The van der Waals surface area contributed by atoms with Crippen LogP contribution in [0.15, 0.2) is 42.5 Å². The van der Waals surface area contributed by atoms with E-state index in [0.29, 0.717) is 38.5 Å². The molecular formula is C23H23ClN2O6. The van der Waals surface area contributed by atoms with Gasteiger partial charge >= 0.3 is 5.97 Å². The van der Waals surface area contributed by atoms with Crippen LogP contribution in [0.25, 0.3) is 10.9 Å². The van der Waals surface area contributed by atoms with Gasteiger partial charge in [0.1, 0.15) is 5.75 Å².